The summed E-state index contributed by atoms with van der Waals surface area (Å²) in [5.74, 6) is -0.757. The van der Waals surface area contributed by atoms with Crippen LogP contribution in [0.25, 0.3) is 11.3 Å². The number of hydrogen-bond acceptors (Lipinski definition) is 4. The van der Waals surface area contributed by atoms with Crippen molar-refractivity contribution in [1.29, 1.82) is 0 Å². The smallest absolute Gasteiger partial charge is 0.291 e. The zero-order valence-corrected chi connectivity index (χ0v) is 17.2. The SMILES string of the molecule is CCc1ccc(-c2cc(NC(C)=O)c(=O)n(CC(=O)Nc3ccccc3C)n2)cc1. The van der Waals surface area contributed by atoms with E-state index in [4.69, 9.17) is 0 Å². The number of carbonyl (C=O) groups excluding carboxylic acids is 2. The minimum Gasteiger partial charge on any atom is -0.324 e. The molecule has 0 spiro atoms. The van der Waals surface area contributed by atoms with Gasteiger partial charge >= 0.3 is 0 Å². The molecule has 0 bridgehead atoms. The second-order valence-electron chi connectivity index (χ2n) is 7.00. The van der Waals surface area contributed by atoms with Gasteiger partial charge in [-0.15, -0.1) is 0 Å². The van der Waals surface area contributed by atoms with E-state index in [0.29, 0.717) is 11.4 Å². The number of hydrogen-bond donors (Lipinski definition) is 2. The van der Waals surface area contributed by atoms with Gasteiger partial charge in [0.05, 0.1) is 5.69 Å². The molecule has 0 aliphatic rings. The molecular formula is C23H24N4O3. The number of aryl methyl sites for hydroxylation is 2. The molecule has 2 aromatic carbocycles. The van der Waals surface area contributed by atoms with Crippen molar-refractivity contribution in [2.45, 2.75) is 33.7 Å². The Morgan fingerprint density at radius 3 is 2.33 bits per heavy atom. The standard InChI is InChI=1S/C23H24N4O3/c1-4-17-9-11-18(12-10-17)20-13-21(24-16(3)28)23(30)27(26-20)14-22(29)25-19-8-6-5-7-15(19)2/h5-13H,4,14H2,1-3H3,(H,24,28)(H,25,29). The van der Waals surface area contributed by atoms with Gasteiger partial charge in [-0.3, -0.25) is 14.4 Å². The molecule has 3 aromatic rings. The Balaban J connectivity index is 1.95. The molecule has 154 valence electrons. The van der Waals surface area contributed by atoms with E-state index in [9.17, 15) is 14.4 Å². The van der Waals surface area contributed by atoms with Gasteiger partial charge in [-0.1, -0.05) is 49.4 Å². The normalized spacial score (nSPS) is 10.5. The summed E-state index contributed by atoms with van der Waals surface area (Å²) in [5, 5.41) is 9.69. The van der Waals surface area contributed by atoms with Crippen molar-refractivity contribution in [3.05, 3.63) is 76.1 Å². The topological polar surface area (TPSA) is 93.1 Å². The van der Waals surface area contributed by atoms with Crippen LogP contribution in [0.4, 0.5) is 11.4 Å². The quantitative estimate of drug-likeness (QED) is 0.659. The number of rotatable bonds is 6. The molecule has 2 amide bonds. The minimum atomic E-state index is -0.543. The summed E-state index contributed by atoms with van der Waals surface area (Å²) < 4.78 is 1.07. The van der Waals surface area contributed by atoms with Crippen LogP contribution in [0.15, 0.2) is 59.4 Å². The van der Waals surface area contributed by atoms with E-state index in [2.05, 4.69) is 22.7 Å². The average molecular weight is 404 g/mol. The number of para-hydroxylation sites is 1. The molecule has 0 saturated carbocycles. The van der Waals surface area contributed by atoms with E-state index in [0.717, 1.165) is 22.2 Å². The molecule has 3 rings (SSSR count). The summed E-state index contributed by atoms with van der Waals surface area (Å²) in [6, 6.07) is 16.7. The van der Waals surface area contributed by atoms with Crippen LogP contribution in [0.1, 0.15) is 25.0 Å². The van der Waals surface area contributed by atoms with Crippen molar-refractivity contribution in [3.63, 3.8) is 0 Å². The fraction of sp³-hybridized carbons (Fsp3) is 0.217. The van der Waals surface area contributed by atoms with Gasteiger partial charge < -0.3 is 10.6 Å². The van der Waals surface area contributed by atoms with Gasteiger partial charge in [-0.2, -0.15) is 5.10 Å². The molecular weight excluding hydrogens is 380 g/mol. The van der Waals surface area contributed by atoms with Crippen LogP contribution in [0.3, 0.4) is 0 Å². The van der Waals surface area contributed by atoms with Gasteiger partial charge in [0.2, 0.25) is 11.8 Å². The molecule has 30 heavy (non-hydrogen) atoms. The first-order valence-corrected chi connectivity index (χ1v) is 9.72. The monoisotopic (exact) mass is 404 g/mol. The Hall–Kier alpha value is -3.74. The molecule has 0 aliphatic carbocycles. The second-order valence-corrected chi connectivity index (χ2v) is 7.00. The highest BCUT2D eigenvalue weighted by atomic mass is 16.2. The van der Waals surface area contributed by atoms with Crippen molar-refractivity contribution in [3.8, 4) is 11.3 Å². The van der Waals surface area contributed by atoms with Gasteiger partial charge in [-0.05, 0) is 36.6 Å². The third kappa shape index (κ3) is 5.00. The highest BCUT2D eigenvalue weighted by Crippen LogP contribution is 2.19. The number of anilines is 2. The zero-order chi connectivity index (χ0) is 21.7. The van der Waals surface area contributed by atoms with Gasteiger partial charge in [0.15, 0.2) is 0 Å². The van der Waals surface area contributed by atoms with E-state index < -0.39 is 5.56 Å². The Kier molecular flexibility index (Phi) is 6.41. The predicted molar refractivity (Wildman–Crippen MR) is 117 cm³/mol. The molecule has 0 saturated heterocycles. The average Bonchev–Trinajstić information content (AvgIpc) is 2.72. The highest BCUT2D eigenvalue weighted by Gasteiger charge is 2.14. The van der Waals surface area contributed by atoms with Crippen LogP contribution >= 0.6 is 0 Å². The summed E-state index contributed by atoms with van der Waals surface area (Å²) in [5.41, 5.74) is 3.57. The summed E-state index contributed by atoms with van der Waals surface area (Å²) in [7, 11) is 0. The van der Waals surface area contributed by atoms with E-state index in [-0.39, 0.29) is 24.0 Å². The molecule has 0 atom stereocenters. The maximum absolute atomic E-state index is 12.7. The van der Waals surface area contributed by atoms with Gasteiger partial charge in [0.25, 0.3) is 5.56 Å². The third-order valence-corrected chi connectivity index (χ3v) is 4.66. The van der Waals surface area contributed by atoms with Crippen molar-refractivity contribution < 1.29 is 9.59 Å². The fourth-order valence-corrected chi connectivity index (χ4v) is 3.02. The lowest BCUT2D eigenvalue weighted by molar-refractivity contribution is -0.117. The second kappa shape index (κ2) is 9.17. The number of nitrogens with zero attached hydrogens (tertiary/aromatic N) is 2. The van der Waals surface area contributed by atoms with E-state index in [1.807, 2.05) is 49.4 Å². The van der Waals surface area contributed by atoms with Crippen molar-refractivity contribution in [1.82, 2.24) is 9.78 Å². The molecule has 0 aliphatic heterocycles. The zero-order valence-electron chi connectivity index (χ0n) is 17.2. The van der Waals surface area contributed by atoms with Crippen molar-refractivity contribution in [2.24, 2.45) is 0 Å². The largest absolute Gasteiger partial charge is 0.324 e. The summed E-state index contributed by atoms with van der Waals surface area (Å²) in [4.78, 5) is 36.9. The van der Waals surface area contributed by atoms with Crippen molar-refractivity contribution in [2.75, 3.05) is 10.6 Å². The summed E-state index contributed by atoms with van der Waals surface area (Å²) >= 11 is 0. The Morgan fingerprint density at radius 1 is 1.00 bits per heavy atom. The van der Waals surface area contributed by atoms with Crippen LogP contribution in [-0.2, 0) is 22.6 Å². The first-order chi connectivity index (χ1) is 14.4. The number of amides is 2. The lowest BCUT2D eigenvalue weighted by Gasteiger charge is -2.12. The lowest BCUT2D eigenvalue weighted by Crippen LogP contribution is -2.32. The molecule has 0 fully saturated rings. The van der Waals surface area contributed by atoms with Crippen LogP contribution in [0.2, 0.25) is 0 Å². The van der Waals surface area contributed by atoms with Crippen LogP contribution in [0.5, 0.6) is 0 Å². The Morgan fingerprint density at radius 2 is 1.70 bits per heavy atom. The van der Waals surface area contributed by atoms with Crippen LogP contribution in [0, 0.1) is 6.92 Å². The van der Waals surface area contributed by atoms with Crippen molar-refractivity contribution >= 4 is 23.2 Å². The molecule has 0 radical (unpaired) electrons. The van der Waals surface area contributed by atoms with Crippen LogP contribution in [-0.4, -0.2) is 21.6 Å². The maximum atomic E-state index is 12.7. The third-order valence-electron chi connectivity index (χ3n) is 4.66. The van der Waals surface area contributed by atoms with Gasteiger partial charge in [0.1, 0.15) is 12.2 Å². The van der Waals surface area contributed by atoms with Crippen LogP contribution < -0.4 is 16.2 Å². The minimum absolute atomic E-state index is 0.0794. The number of benzene rings is 2. The first kappa shape index (κ1) is 21.0. The summed E-state index contributed by atoms with van der Waals surface area (Å²) in [6.45, 7) is 5.00. The number of nitrogens with one attached hydrogen (secondary N) is 2. The van der Waals surface area contributed by atoms with Gasteiger partial charge in [-0.25, -0.2) is 4.68 Å². The van der Waals surface area contributed by atoms with E-state index in [1.54, 1.807) is 6.07 Å². The number of carbonyl (C=O) groups is 2. The molecule has 7 nitrogen and oxygen atoms in total. The van der Waals surface area contributed by atoms with E-state index in [1.165, 1.54) is 18.6 Å². The Labute approximate surface area is 174 Å². The maximum Gasteiger partial charge on any atom is 0.291 e. The lowest BCUT2D eigenvalue weighted by atomic mass is 10.1. The fourth-order valence-electron chi connectivity index (χ4n) is 3.02. The summed E-state index contributed by atoms with van der Waals surface area (Å²) in [6.07, 6.45) is 0.906. The molecule has 0 unspecified atom stereocenters. The molecule has 1 aromatic heterocycles. The molecule has 1 heterocycles. The highest BCUT2D eigenvalue weighted by molar-refractivity contribution is 5.91. The number of aromatic nitrogens is 2. The molecule has 7 heteroatoms. The Bertz CT molecular complexity index is 1130. The van der Waals surface area contributed by atoms with E-state index >= 15 is 0 Å². The first-order valence-electron chi connectivity index (χ1n) is 9.72. The van der Waals surface area contributed by atoms with Gasteiger partial charge in [0, 0.05) is 18.2 Å². The predicted octanol–water partition coefficient (Wildman–Crippen LogP) is 3.38. The molecule has 2 N–H and O–H groups in total.